The fourth-order valence-corrected chi connectivity index (χ4v) is 3.72. The van der Waals surface area contributed by atoms with Gasteiger partial charge in [-0.3, -0.25) is 10.1 Å². The zero-order valence-electron chi connectivity index (χ0n) is 13.3. The molecule has 1 saturated carbocycles. The number of carbonyl (C=O) groups excluding carboxylic acids is 1. The van der Waals surface area contributed by atoms with Crippen LogP contribution < -0.4 is 5.32 Å². The Morgan fingerprint density at radius 3 is 2.47 bits per heavy atom. The summed E-state index contributed by atoms with van der Waals surface area (Å²) in [5.74, 6) is 0.330. The first-order valence-electron chi connectivity index (χ1n) is 7.93. The summed E-state index contributed by atoms with van der Waals surface area (Å²) < 4.78 is 0. The first-order valence-corrected chi connectivity index (χ1v) is 7.93. The summed E-state index contributed by atoms with van der Waals surface area (Å²) in [7, 11) is 0. The van der Waals surface area contributed by atoms with Crippen LogP contribution in [0.25, 0.3) is 0 Å². The maximum absolute atomic E-state index is 12.8. The highest BCUT2D eigenvalue weighted by Crippen LogP contribution is 2.42. The molecule has 1 heterocycles. The molecular weight excluding hydrogens is 236 g/mol. The summed E-state index contributed by atoms with van der Waals surface area (Å²) in [4.78, 5) is 15.0. The quantitative estimate of drug-likeness (QED) is 0.847. The van der Waals surface area contributed by atoms with E-state index in [1.807, 2.05) is 0 Å². The Labute approximate surface area is 118 Å². The van der Waals surface area contributed by atoms with Crippen LogP contribution >= 0.6 is 0 Å². The Bertz CT molecular complexity index is 351. The van der Waals surface area contributed by atoms with E-state index in [1.54, 1.807) is 0 Å². The van der Waals surface area contributed by atoms with E-state index in [1.165, 1.54) is 12.8 Å². The van der Waals surface area contributed by atoms with Crippen LogP contribution in [0.3, 0.4) is 0 Å². The van der Waals surface area contributed by atoms with E-state index >= 15 is 0 Å². The van der Waals surface area contributed by atoms with Gasteiger partial charge in [0, 0.05) is 6.04 Å². The summed E-state index contributed by atoms with van der Waals surface area (Å²) in [6, 6.07) is 0.444. The molecule has 1 saturated heterocycles. The second-order valence-corrected chi connectivity index (χ2v) is 7.41. The number of nitrogens with one attached hydrogen (secondary N) is 1. The predicted molar refractivity (Wildman–Crippen MR) is 78.8 cm³/mol. The SMILES string of the molecule is CCCC1NC(C)(CC)C(=O)N1C1CCC(C)(C)C1. The molecule has 0 aromatic heterocycles. The molecule has 0 aromatic rings. The van der Waals surface area contributed by atoms with Crippen LogP contribution in [0, 0.1) is 5.41 Å². The predicted octanol–water partition coefficient (Wildman–Crippen LogP) is 3.29. The molecule has 110 valence electrons. The second kappa shape index (κ2) is 5.08. The smallest absolute Gasteiger partial charge is 0.244 e. The van der Waals surface area contributed by atoms with Crippen molar-refractivity contribution < 1.29 is 4.79 Å². The third-order valence-electron chi connectivity index (χ3n) is 5.13. The molecule has 1 aliphatic heterocycles. The van der Waals surface area contributed by atoms with Crippen molar-refractivity contribution in [1.82, 2.24) is 10.2 Å². The minimum Gasteiger partial charge on any atom is -0.323 e. The van der Waals surface area contributed by atoms with Gasteiger partial charge in [0.2, 0.25) is 5.91 Å². The monoisotopic (exact) mass is 266 g/mol. The number of hydrogen-bond acceptors (Lipinski definition) is 2. The molecule has 2 fully saturated rings. The number of carbonyl (C=O) groups is 1. The molecule has 0 spiro atoms. The minimum absolute atomic E-state index is 0.251. The minimum atomic E-state index is -0.341. The molecule has 1 aliphatic carbocycles. The van der Waals surface area contributed by atoms with Crippen molar-refractivity contribution in [3.05, 3.63) is 0 Å². The molecule has 2 rings (SSSR count). The number of amides is 1. The van der Waals surface area contributed by atoms with Gasteiger partial charge in [0.1, 0.15) is 0 Å². The van der Waals surface area contributed by atoms with Gasteiger partial charge in [-0.15, -0.1) is 0 Å². The maximum Gasteiger partial charge on any atom is 0.244 e. The second-order valence-electron chi connectivity index (χ2n) is 7.41. The summed E-state index contributed by atoms with van der Waals surface area (Å²) in [5, 5.41) is 3.60. The van der Waals surface area contributed by atoms with Crippen LogP contribution in [0.1, 0.15) is 73.1 Å². The molecule has 0 radical (unpaired) electrons. The maximum atomic E-state index is 12.8. The van der Waals surface area contributed by atoms with Crippen LogP contribution in [0.4, 0.5) is 0 Å². The van der Waals surface area contributed by atoms with Crippen molar-refractivity contribution in [3.8, 4) is 0 Å². The fourth-order valence-electron chi connectivity index (χ4n) is 3.72. The van der Waals surface area contributed by atoms with Crippen molar-refractivity contribution in [2.75, 3.05) is 0 Å². The number of nitrogens with zero attached hydrogens (tertiary/aromatic N) is 1. The van der Waals surface area contributed by atoms with Crippen molar-refractivity contribution in [2.24, 2.45) is 5.41 Å². The third-order valence-corrected chi connectivity index (χ3v) is 5.13. The lowest BCUT2D eigenvalue weighted by Crippen LogP contribution is -2.44. The molecule has 3 atom stereocenters. The molecule has 0 aromatic carbocycles. The topological polar surface area (TPSA) is 32.3 Å². The van der Waals surface area contributed by atoms with Gasteiger partial charge in [-0.05, 0) is 44.4 Å². The van der Waals surface area contributed by atoms with Gasteiger partial charge in [-0.2, -0.15) is 0 Å². The van der Waals surface area contributed by atoms with E-state index < -0.39 is 0 Å². The zero-order chi connectivity index (χ0) is 14.3. The third kappa shape index (κ3) is 2.67. The van der Waals surface area contributed by atoms with Crippen LogP contribution in [-0.2, 0) is 4.79 Å². The van der Waals surface area contributed by atoms with Gasteiger partial charge in [0.05, 0.1) is 11.7 Å². The van der Waals surface area contributed by atoms with E-state index in [0.717, 1.165) is 25.7 Å². The molecule has 3 unspecified atom stereocenters. The highest BCUT2D eigenvalue weighted by molar-refractivity contribution is 5.88. The average Bonchev–Trinajstić information content (AvgIpc) is 2.80. The van der Waals surface area contributed by atoms with E-state index in [4.69, 9.17) is 0 Å². The molecule has 1 amide bonds. The molecule has 2 aliphatic rings. The molecular formula is C16H30N2O. The Morgan fingerprint density at radius 2 is 2.00 bits per heavy atom. The van der Waals surface area contributed by atoms with Crippen LogP contribution in [-0.4, -0.2) is 28.6 Å². The first-order chi connectivity index (χ1) is 8.83. The largest absolute Gasteiger partial charge is 0.323 e. The van der Waals surface area contributed by atoms with Gasteiger partial charge in [0.15, 0.2) is 0 Å². The van der Waals surface area contributed by atoms with E-state index in [9.17, 15) is 4.79 Å². The van der Waals surface area contributed by atoms with Crippen molar-refractivity contribution in [1.29, 1.82) is 0 Å². The molecule has 1 N–H and O–H groups in total. The van der Waals surface area contributed by atoms with Crippen LogP contribution in [0.15, 0.2) is 0 Å². The number of rotatable bonds is 4. The van der Waals surface area contributed by atoms with Crippen molar-refractivity contribution >= 4 is 5.91 Å². The summed E-state index contributed by atoms with van der Waals surface area (Å²) in [6.07, 6.45) is 6.87. The molecule has 0 bridgehead atoms. The van der Waals surface area contributed by atoms with Gasteiger partial charge >= 0.3 is 0 Å². The summed E-state index contributed by atoms with van der Waals surface area (Å²) in [5.41, 5.74) is 0.0550. The first kappa shape index (κ1) is 14.8. The standard InChI is InChI=1S/C16H30N2O/c1-6-8-13-17-16(5,7-2)14(19)18(13)12-9-10-15(3,4)11-12/h12-13,17H,6-11H2,1-5H3. The van der Waals surface area contributed by atoms with Crippen molar-refractivity contribution in [3.63, 3.8) is 0 Å². The van der Waals surface area contributed by atoms with Crippen molar-refractivity contribution in [2.45, 2.75) is 90.9 Å². The molecule has 19 heavy (non-hydrogen) atoms. The highest BCUT2D eigenvalue weighted by atomic mass is 16.2. The van der Waals surface area contributed by atoms with E-state index in [-0.39, 0.29) is 11.7 Å². The van der Waals surface area contributed by atoms with Crippen LogP contribution in [0.2, 0.25) is 0 Å². The van der Waals surface area contributed by atoms with Gasteiger partial charge in [-0.1, -0.05) is 34.1 Å². The van der Waals surface area contributed by atoms with E-state index in [2.05, 4.69) is 44.8 Å². The lowest BCUT2D eigenvalue weighted by atomic mass is 9.91. The Hall–Kier alpha value is -0.570. The van der Waals surface area contributed by atoms with Gasteiger partial charge in [0.25, 0.3) is 0 Å². The highest BCUT2D eigenvalue weighted by Gasteiger charge is 2.50. The van der Waals surface area contributed by atoms with Gasteiger partial charge in [-0.25, -0.2) is 0 Å². The Balaban J connectivity index is 2.18. The Kier molecular flexibility index (Phi) is 3.97. The lowest BCUT2D eigenvalue weighted by Gasteiger charge is -2.31. The summed E-state index contributed by atoms with van der Waals surface area (Å²) in [6.45, 7) is 11.0. The average molecular weight is 266 g/mol. The molecule has 3 heteroatoms. The van der Waals surface area contributed by atoms with E-state index in [0.29, 0.717) is 17.4 Å². The normalized spacial score (nSPS) is 38.2. The fraction of sp³-hybridized carbons (Fsp3) is 0.938. The van der Waals surface area contributed by atoms with Crippen LogP contribution in [0.5, 0.6) is 0 Å². The zero-order valence-corrected chi connectivity index (χ0v) is 13.3. The summed E-state index contributed by atoms with van der Waals surface area (Å²) >= 11 is 0. The Morgan fingerprint density at radius 1 is 1.32 bits per heavy atom. The molecule has 3 nitrogen and oxygen atoms in total. The number of hydrogen-bond donors (Lipinski definition) is 1. The van der Waals surface area contributed by atoms with Gasteiger partial charge < -0.3 is 4.90 Å². The lowest BCUT2D eigenvalue weighted by molar-refractivity contribution is -0.135.